The number of nitrogens with zero attached hydrogens (tertiary/aromatic N) is 2. The van der Waals surface area contributed by atoms with Crippen molar-refractivity contribution in [3.8, 4) is 0 Å². The smallest absolute Gasteiger partial charge is 0.326 e. The number of amides is 3. The van der Waals surface area contributed by atoms with Gasteiger partial charge in [0, 0.05) is 31.3 Å². The number of carbonyl (C=O) groups is 4. The molecule has 15 heteroatoms. The Morgan fingerprint density at radius 3 is 2.25 bits per heavy atom. The number of nitrogens with two attached hydrogens (primary N) is 3. The number of aromatic nitrogens is 2. The largest absolute Gasteiger partial charge is 0.480 e. The first kappa shape index (κ1) is 31.7. The lowest BCUT2D eigenvalue weighted by molar-refractivity contribution is -0.143. The molecule has 12 N–H and O–H groups in total. The third kappa shape index (κ3) is 10.7. The number of aliphatic imine (C=N–C) groups is 1. The quantitative estimate of drug-likeness (QED) is 0.0592. The lowest BCUT2D eigenvalue weighted by Gasteiger charge is -2.26. The molecule has 0 radical (unpaired) electrons. The number of carboxylic acids is 1. The van der Waals surface area contributed by atoms with Gasteiger partial charge in [0.1, 0.15) is 18.1 Å². The molecule has 1 aromatic carbocycles. The highest BCUT2D eigenvalue weighted by Gasteiger charge is 2.33. The monoisotopic (exact) mass is 559 g/mol. The summed E-state index contributed by atoms with van der Waals surface area (Å²) in [5.74, 6) is -3.70. The topological polar surface area (TPSA) is 264 Å². The van der Waals surface area contributed by atoms with Gasteiger partial charge >= 0.3 is 5.97 Å². The van der Waals surface area contributed by atoms with E-state index in [1.807, 2.05) is 0 Å². The summed E-state index contributed by atoms with van der Waals surface area (Å²) in [5, 5.41) is 27.2. The average Bonchev–Trinajstić information content (AvgIpc) is 3.42. The van der Waals surface area contributed by atoms with E-state index in [2.05, 4.69) is 30.9 Å². The van der Waals surface area contributed by atoms with E-state index in [1.165, 1.54) is 19.4 Å². The van der Waals surface area contributed by atoms with Gasteiger partial charge in [0.05, 0.1) is 18.5 Å². The Hall–Kier alpha value is -4.50. The second kappa shape index (κ2) is 15.8. The van der Waals surface area contributed by atoms with Gasteiger partial charge in [-0.1, -0.05) is 30.3 Å². The van der Waals surface area contributed by atoms with Crippen LogP contribution in [0.3, 0.4) is 0 Å². The molecule has 1 aromatic heterocycles. The van der Waals surface area contributed by atoms with Crippen LogP contribution in [0, 0.1) is 0 Å². The summed E-state index contributed by atoms with van der Waals surface area (Å²) in [6, 6.07) is 3.84. The summed E-state index contributed by atoms with van der Waals surface area (Å²) in [6.07, 6.45) is 2.02. The van der Waals surface area contributed by atoms with Gasteiger partial charge in [0.25, 0.3) is 0 Å². The van der Waals surface area contributed by atoms with E-state index in [0.717, 1.165) is 0 Å². The minimum Gasteiger partial charge on any atom is -0.480 e. The Kier molecular flexibility index (Phi) is 12.5. The normalized spacial score (nSPS) is 14.6. The fourth-order valence-electron chi connectivity index (χ4n) is 3.73. The van der Waals surface area contributed by atoms with Gasteiger partial charge in [0.2, 0.25) is 17.7 Å². The Morgan fingerprint density at radius 1 is 1.00 bits per heavy atom. The molecular formula is C25H37N9O6. The summed E-state index contributed by atoms with van der Waals surface area (Å²) in [4.78, 5) is 61.2. The number of benzene rings is 1. The highest BCUT2D eigenvalue weighted by atomic mass is 16.4. The molecule has 5 unspecified atom stereocenters. The molecule has 0 saturated heterocycles. The van der Waals surface area contributed by atoms with Gasteiger partial charge in [-0.3, -0.25) is 19.4 Å². The molecule has 15 nitrogen and oxygen atoms in total. The summed E-state index contributed by atoms with van der Waals surface area (Å²) in [7, 11) is 0. The Balaban J connectivity index is 2.13. The summed E-state index contributed by atoms with van der Waals surface area (Å²) in [5.41, 5.74) is 17.7. The Labute approximate surface area is 231 Å². The minimum absolute atomic E-state index is 0.0604. The number of hydrogen-bond acceptors (Lipinski definition) is 8. The summed E-state index contributed by atoms with van der Waals surface area (Å²) in [6.45, 7) is 1.55. The first-order valence-corrected chi connectivity index (χ1v) is 12.6. The lowest BCUT2D eigenvalue weighted by atomic mass is 10.0. The maximum absolute atomic E-state index is 13.3. The molecule has 0 aliphatic rings. The van der Waals surface area contributed by atoms with E-state index in [4.69, 9.17) is 17.2 Å². The van der Waals surface area contributed by atoms with Crippen molar-refractivity contribution in [1.29, 1.82) is 0 Å². The van der Waals surface area contributed by atoms with Crippen LogP contribution in [0.4, 0.5) is 0 Å². The Bertz CT molecular complexity index is 1140. The van der Waals surface area contributed by atoms with E-state index in [1.54, 1.807) is 30.3 Å². The van der Waals surface area contributed by atoms with Crippen molar-refractivity contribution in [2.24, 2.45) is 22.2 Å². The SMILES string of the molecule is CC(O)C(NC(=O)C(Cc1ccccc1)NC(=O)C(N)CCCN=C(N)N)C(=O)NC(Cc1cnc[nH]1)C(=O)O. The van der Waals surface area contributed by atoms with Crippen molar-refractivity contribution in [3.05, 3.63) is 54.1 Å². The van der Waals surface area contributed by atoms with E-state index >= 15 is 0 Å². The van der Waals surface area contributed by atoms with Crippen molar-refractivity contribution >= 4 is 29.7 Å². The number of carboxylic acid groups (broad SMARTS) is 1. The van der Waals surface area contributed by atoms with Crippen LogP contribution in [0.15, 0.2) is 47.8 Å². The molecular weight excluding hydrogens is 522 g/mol. The molecule has 2 aromatic rings. The predicted octanol–water partition coefficient (Wildman–Crippen LogP) is -2.50. The molecule has 1 heterocycles. The lowest BCUT2D eigenvalue weighted by Crippen LogP contribution is -2.60. The fraction of sp³-hybridized carbons (Fsp3) is 0.440. The first-order chi connectivity index (χ1) is 19.0. The maximum Gasteiger partial charge on any atom is 0.326 e. The molecule has 0 bridgehead atoms. The van der Waals surface area contributed by atoms with Crippen molar-refractivity contribution in [2.45, 2.75) is 62.9 Å². The maximum atomic E-state index is 13.3. The second-order valence-electron chi connectivity index (χ2n) is 9.21. The molecule has 2 rings (SSSR count). The predicted molar refractivity (Wildman–Crippen MR) is 145 cm³/mol. The van der Waals surface area contributed by atoms with E-state index in [9.17, 15) is 29.4 Å². The fourth-order valence-corrected chi connectivity index (χ4v) is 3.73. The van der Waals surface area contributed by atoms with Crippen LogP contribution in [0.5, 0.6) is 0 Å². The van der Waals surface area contributed by atoms with Crippen molar-refractivity contribution in [2.75, 3.05) is 6.54 Å². The molecule has 0 saturated carbocycles. The van der Waals surface area contributed by atoms with Crippen molar-refractivity contribution in [3.63, 3.8) is 0 Å². The standard InChI is InChI=1S/C25H37N9O6/c1-14(35)20(23(38)33-19(24(39)40)11-16-12-29-13-31-16)34-22(37)18(10-15-6-3-2-4-7-15)32-21(36)17(26)8-5-9-30-25(27)28/h2-4,6-7,12-14,17-20,35H,5,8-11,26H2,1H3,(H,29,31)(H,32,36)(H,33,38)(H,34,37)(H,39,40)(H4,27,28,30). The highest BCUT2D eigenvalue weighted by Crippen LogP contribution is 2.07. The third-order valence-electron chi connectivity index (χ3n) is 5.88. The number of guanidine groups is 1. The molecule has 3 amide bonds. The number of carbonyl (C=O) groups excluding carboxylic acids is 3. The number of aliphatic carboxylic acids is 1. The number of aliphatic hydroxyl groups excluding tert-OH is 1. The van der Waals surface area contributed by atoms with Gasteiger partial charge < -0.3 is 48.3 Å². The zero-order valence-electron chi connectivity index (χ0n) is 22.1. The molecule has 218 valence electrons. The molecule has 0 aliphatic heterocycles. The zero-order chi connectivity index (χ0) is 29.7. The van der Waals surface area contributed by atoms with Crippen LogP contribution in [0.1, 0.15) is 31.0 Å². The number of hydrogen-bond donors (Lipinski definition) is 9. The first-order valence-electron chi connectivity index (χ1n) is 12.6. The van der Waals surface area contributed by atoms with Crippen LogP contribution in [-0.4, -0.2) is 86.6 Å². The second-order valence-corrected chi connectivity index (χ2v) is 9.21. The van der Waals surface area contributed by atoms with Crippen molar-refractivity contribution < 1.29 is 29.4 Å². The summed E-state index contributed by atoms with van der Waals surface area (Å²) >= 11 is 0. The summed E-state index contributed by atoms with van der Waals surface area (Å²) < 4.78 is 0. The van der Waals surface area contributed by atoms with Crippen LogP contribution in [0.2, 0.25) is 0 Å². The molecule has 0 spiro atoms. The average molecular weight is 560 g/mol. The van der Waals surface area contributed by atoms with Crippen LogP contribution >= 0.6 is 0 Å². The molecule has 0 fully saturated rings. The van der Waals surface area contributed by atoms with E-state index < -0.39 is 54.0 Å². The van der Waals surface area contributed by atoms with Crippen molar-refractivity contribution in [1.82, 2.24) is 25.9 Å². The number of H-pyrrole nitrogens is 1. The van der Waals surface area contributed by atoms with E-state index in [-0.39, 0.29) is 31.8 Å². The van der Waals surface area contributed by atoms with Crippen LogP contribution < -0.4 is 33.2 Å². The third-order valence-corrected chi connectivity index (χ3v) is 5.88. The Morgan fingerprint density at radius 2 is 1.68 bits per heavy atom. The van der Waals surface area contributed by atoms with Crippen LogP contribution in [-0.2, 0) is 32.0 Å². The molecule has 40 heavy (non-hydrogen) atoms. The van der Waals surface area contributed by atoms with Crippen LogP contribution in [0.25, 0.3) is 0 Å². The highest BCUT2D eigenvalue weighted by molar-refractivity contribution is 5.94. The number of aromatic amines is 1. The zero-order valence-corrected chi connectivity index (χ0v) is 22.1. The minimum atomic E-state index is -1.51. The van der Waals surface area contributed by atoms with Gasteiger partial charge in [-0.25, -0.2) is 9.78 Å². The molecule has 0 aliphatic carbocycles. The van der Waals surface area contributed by atoms with E-state index in [0.29, 0.717) is 17.7 Å². The number of imidazole rings is 1. The van der Waals surface area contributed by atoms with Gasteiger partial charge in [-0.05, 0) is 25.3 Å². The molecule has 5 atom stereocenters. The number of aliphatic hydroxyl groups is 1. The van der Waals surface area contributed by atoms with Gasteiger partial charge in [-0.15, -0.1) is 0 Å². The van der Waals surface area contributed by atoms with Gasteiger partial charge in [0.15, 0.2) is 5.96 Å². The van der Waals surface area contributed by atoms with Gasteiger partial charge in [-0.2, -0.15) is 0 Å². The number of nitrogens with one attached hydrogen (secondary N) is 4. The number of rotatable bonds is 16.